The van der Waals surface area contributed by atoms with Crippen LogP contribution in [0.15, 0.2) is 35.6 Å². The topological polar surface area (TPSA) is 69.6 Å². The van der Waals surface area contributed by atoms with Gasteiger partial charge in [0.2, 0.25) is 0 Å². The highest BCUT2D eigenvalue weighted by Gasteiger charge is 2.29. The molecule has 0 aliphatic carbocycles. The van der Waals surface area contributed by atoms with Gasteiger partial charge in [0.25, 0.3) is 0 Å². The van der Waals surface area contributed by atoms with Gasteiger partial charge in [-0.2, -0.15) is 0 Å². The van der Waals surface area contributed by atoms with Crippen molar-refractivity contribution >= 4 is 0 Å². The molecule has 0 fully saturated rings. The van der Waals surface area contributed by atoms with Crippen molar-refractivity contribution in [3.05, 3.63) is 51.9 Å². The van der Waals surface area contributed by atoms with Crippen LogP contribution in [0.5, 0.6) is 23.0 Å². The molecular weight excluding hydrogens is 348 g/mol. The second-order valence-electron chi connectivity index (χ2n) is 6.31. The Morgan fingerprint density at radius 2 is 1.56 bits per heavy atom. The number of benzene rings is 2. The third-order valence-electron chi connectivity index (χ3n) is 4.96. The van der Waals surface area contributed by atoms with Gasteiger partial charge >= 0.3 is 0 Å². The third kappa shape index (κ3) is 3.63. The van der Waals surface area contributed by atoms with Crippen molar-refractivity contribution in [2.45, 2.75) is 18.9 Å². The van der Waals surface area contributed by atoms with Crippen molar-refractivity contribution < 1.29 is 18.9 Å². The fourth-order valence-electron chi connectivity index (χ4n) is 3.56. The van der Waals surface area contributed by atoms with Gasteiger partial charge < -0.3 is 18.9 Å². The van der Waals surface area contributed by atoms with Crippen LogP contribution in [0.4, 0.5) is 0 Å². The van der Waals surface area contributed by atoms with Gasteiger partial charge in [-0.1, -0.05) is 6.07 Å². The van der Waals surface area contributed by atoms with Crippen LogP contribution in [0.1, 0.15) is 22.7 Å². The minimum atomic E-state index is -0.191. The maximum atomic E-state index is 11.4. The monoisotopic (exact) mass is 372 g/mol. The molecule has 1 aliphatic rings. The van der Waals surface area contributed by atoms with E-state index in [1.54, 1.807) is 33.4 Å². The van der Waals surface area contributed by atoms with Gasteiger partial charge in [-0.05, 0) is 53.8 Å². The summed E-state index contributed by atoms with van der Waals surface area (Å²) in [5.74, 6) is 2.65. The first-order chi connectivity index (χ1) is 13.1. The summed E-state index contributed by atoms with van der Waals surface area (Å²) in [7, 11) is 6.43. The van der Waals surface area contributed by atoms with E-state index in [9.17, 15) is 4.91 Å². The van der Waals surface area contributed by atoms with Crippen LogP contribution in [0.3, 0.4) is 0 Å². The average Bonchev–Trinajstić information content (AvgIpc) is 2.72. The van der Waals surface area contributed by atoms with Crippen LogP contribution >= 0.6 is 0 Å². The van der Waals surface area contributed by atoms with E-state index in [1.165, 1.54) is 0 Å². The van der Waals surface area contributed by atoms with Crippen molar-refractivity contribution in [1.82, 2.24) is 5.01 Å². The smallest absolute Gasteiger partial charge is 0.161 e. The Kier molecular flexibility index (Phi) is 5.69. The molecule has 27 heavy (non-hydrogen) atoms. The van der Waals surface area contributed by atoms with E-state index in [2.05, 4.69) is 5.29 Å². The fraction of sp³-hybridized carbons (Fsp3) is 0.400. The molecule has 0 saturated carbocycles. The zero-order valence-electron chi connectivity index (χ0n) is 16.0. The molecule has 0 N–H and O–H groups in total. The molecule has 1 atom stereocenters. The van der Waals surface area contributed by atoms with Crippen molar-refractivity contribution in [2.24, 2.45) is 5.29 Å². The lowest BCUT2D eigenvalue weighted by atomic mass is 9.89. The Morgan fingerprint density at radius 1 is 0.926 bits per heavy atom. The lowest BCUT2D eigenvalue weighted by molar-refractivity contribution is 0.188. The molecule has 0 aromatic heterocycles. The minimum absolute atomic E-state index is 0.191. The lowest BCUT2D eigenvalue weighted by Crippen LogP contribution is -2.32. The summed E-state index contributed by atoms with van der Waals surface area (Å²) in [4.78, 5) is 11.4. The molecule has 0 amide bonds. The van der Waals surface area contributed by atoms with Gasteiger partial charge in [0.15, 0.2) is 23.0 Å². The number of fused-ring (bicyclic) bond motifs is 1. The van der Waals surface area contributed by atoms with Gasteiger partial charge in [-0.25, -0.2) is 0 Å². The summed E-state index contributed by atoms with van der Waals surface area (Å²) in [6.07, 6.45) is 1.33. The first-order valence-corrected chi connectivity index (χ1v) is 8.70. The predicted molar refractivity (Wildman–Crippen MR) is 102 cm³/mol. The van der Waals surface area contributed by atoms with E-state index in [1.807, 2.05) is 30.3 Å². The highest BCUT2D eigenvalue weighted by atomic mass is 16.5. The van der Waals surface area contributed by atoms with Crippen LogP contribution in [0.2, 0.25) is 0 Å². The van der Waals surface area contributed by atoms with Gasteiger partial charge in [-0.15, -0.1) is 4.91 Å². The Balaban J connectivity index is 2.00. The quantitative estimate of drug-likeness (QED) is 0.693. The number of nitrogens with zero attached hydrogens (tertiary/aromatic N) is 2. The average molecular weight is 372 g/mol. The summed E-state index contributed by atoms with van der Waals surface area (Å²) in [5.41, 5.74) is 3.18. The number of ether oxygens (including phenoxy) is 4. The van der Waals surface area contributed by atoms with Crippen LogP contribution in [0, 0.1) is 4.91 Å². The zero-order chi connectivity index (χ0) is 19.4. The molecule has 0 spiro atoms. The summed E-state index contributed by atoms with van der Waals surface area (Å²) in [5, 5.41) is 4.84. The number of hydrogen-bond donors (Lipinski definition) is 0. The van der Waals surface area contributed by atoms with Crippen LogP contribution in [-0.4, -0.2) is 40.0 Å². The van der Waals surface area contributed by atoms with Crippen molar-refractivity contribution in [3.63, 3.8) is 0 Å². The molecule has 1 heterocycles. The molecule has 2 aromatic rings. The highest BCUT2D eigenvalue weighted by Crippen LogP contribution is 2.40. The van der Waals surface area contributed by atoms with E-state index in [0.717, 1.165) is 23.1 Å². The number of hydrogen-bond acceptors (Lipinski definition) is 6. The largest absolute Gasteiger partial charge is 0.493 e. The molecule has 0 unspecified atom stereocenters. The van der Waals surface area contributed by atoms with Gasteiger partial charge in [0.1, 0.15) is 0 Å². The summed E-state index contributed by atoms with van der Waals surface area (Å²) in [6, 6.07) is 9.50. The Hall–Kier alpha value is -2.96. The van der Waals surface area contributed by atoms with E-state index in [4.69, 9.17) is 18.9 Å². The standard InChI is InChI=1S/C20H24N2O5/c1-24-17-6-5-13(10-18(17)25-2)9-16-15-12-20(27-4)19(26-3)11-14(15)7-8-22(16)21-23/h5-6,10-12,16H,7-9H2,1-4H3/t16-/m1/s1. The third-order valence-corrected chi connectivity index (χ3v) is 4.96. The van der Waals surface area contributed by atoms with Crippen molar-refractivity contribution in [3.8, 4) is 23.0 Å². The van der Waals surface area contributed by atoms with E-state index >= 15 is 0 Å². The van der Waals surface area contributed by atoms with Crippen molar-refractivity contribution in [2.75, 3.05) is 35.0 Å². The fourth-order valence-corrected chi connectivity index (χ4v) is 3.56. The molecule has 1 aliphatic heterocycles. The maximum Gasteiger partial charge on any atom is 0.161 e. The normalized spacial score (nSPS) is 15.7. The SMILES string of the molecule is COc1ccc(C[C@@H]2c3cc(OC)c(OC)cc3CCN2N=O)cc1OC. The first-order valence-electron chi connectivity index (χ1n) is 8.70. The lowest BCUT2D eigenvalue weighted by Gasteiger charge is -2.33. The molecule has 2 aromatic carbocycles. The zero-order valence-corrected chi connectivity index (χ0v) is 16.0. The number of methoxy groups -OCH3 is 4. The molecule has 7 heteroatoms. The molecule has 0 radical (unpaired) electrons. The van der Waals surface area contributed by atoms with E-state index in [-0.39, 0.29) is 6.04 Å². The van der Waals surface area contributed by atoms with E-state index < -0.39 is 0 Å². The summed E-state index contributed by atoms with van der Waals surface area (Å²) in [6.45, 7) is 0.559. The summed E-state index contributed by atoms with van der Waals surface area (Å²) < 4.78 is 21.6. The Bertz CT molecular complexity index is 824. The number of nitroso groups, excluding NO2 is 1. The second kappa shape index (κ2) is 8.16. The van der Waals surface area contributed by atoms with Gasteiger partial charge in [-0.3, -0.25) is 5.01 Å². The van der Waals surface area contributed by atoms with E-state index in [0.29, 0.717) is 36.0 Å². The predicted octanol–water partition coefficient (Wildman–Crippen LogP) is 3.54. The molecule has 7 nitrogen and oxygen atoms in total. The molecule has 0 bridgehead atoms. The highest BCUT2D eigenvalue weighted by molar-refractivity contribution is 5.50. The molecule has 3 rings (SSSR count). The van der Waals surface area contributed by atoms with Crippen LogP contribution in [0.25, 0.3) is 0 Å². The molecule has 144 valence electrons. The summed E-state index contributed by atoms with van der Waals surface area (Å²) >= 11 is 0. The molecular formula is C20H24N2O5. The minimum Gasteiger partial charge on any atom is -0.493 e. The number of rotatable bonds is 7. The Labute approximate surface area is 158 Å². The van der Waals surface area contributed by atoms with Crippen LogP contribution in [-0.2, 0) is 12.8 Å². The van der Waals surface area contributed by atoms with Crippen molar-refractivity contribution in [1.29, 1.82) is 0 Å². The van der Waals surface area contributed by atoms with Crippen LogP contribution < -0.4 is 18.9 Å². The maximum absolute atomic E-state index is 11.4. The van der Waals surface area contributed by atoms with Gasteiger partial charge in [0.05, 0.1) is 39.8 Å². The van der Waals surface area contributed by atoms with Gasteiger partial charge in [0, 0.05) is 6.54 Å². The first kappa shape index (κ1) is 18.8. The second-order valence-corrected chi connectivity index (χ2v) is 6.31. The molecule has 0 saturated heterocycles. The Morgan fingerprint density at radius 3 is 2.19 bits per heavy atom.